The standard InChI is InChI=1S/C23H38N3O5P/c1-8-11-19-12-14-20(15-13-19)21-18-26(25-24-21)16-9-10-17-32(27,30-22(2,3)28-6)31-23(4,5)29-7/h9-10,12-15,18,27,32H,8,11,16-17H2,1-7H3/b10-9+. The molecule has 0 aliphatic carbocycles. The molecule has 0 saturated carbocycles. The van der Waals surface area contributed by atoms with Crippen LogP contribution >= 0.6 is 7.94 Å². The molecule has 1 aromatic carbocycles. The summed E-state index contributed by atoms with van der Waals surface area (Å²) in [6.07, 6.45) is 8.02. The average molecular weight is 468 g/mol. The molecule has 0 bridgehead atoms. The number of benzene rings is 1. The van der Waals surface area contributed by atoms with Gasteiger partial charge in [0.2, 0.25) is 0 Å². The van der Waals surface area contributed by atoms with Crippen LogP contribution in [-0.2, 0) is 31.5 Å². The second-order valence-electron chi connectivity index (χ2n) is 8.57. The molecule has 0 atom stereocenters. The molecule has 0 amide bonds. The topological polar surface area (TPSA) is 87.9 Å². The van der Waals surface area contributed by atoms with Crippen LogP contribution in [0.1, 0.15) is 46.6 Å². The van der Waals surface area contributed by atoms with Crippen molar-refractivity contribution in [2.75, 3.05) is 20.4 Å². The fourth-order valence-electron chi connectivity index (χ4n) is 3.02. The predicted octanol–water partition coefficient (Wildman–Crippen LogP) is 4.74. The van der Waals surface area contributed by atoms with Crippen molar-refractivity contribution in [3.63, 3.8) is 0 Å². The molecule has 32 heavy (non-hydrogen) atoms. The molecule has 2 aromatic rings. The molecule has 1 heterocycles. The molecular weight excluding hydrogens is 429 g/mol. The summed E-state index contributed by atoms with van der Waals surface area (Å²) in [7, 11) is -0.603. The summed E-state index contributed by atoms with van der Waals surface area (Å²) in [6.45, 7) is 9.58. The quantitative estimate of drug-likeness (QED) is 0.259. The Bertz CT molecular complexity index is 847. The van der Waals surface area contributed by atoms with E-state index in [9.17, 15) is 4.89 Å². The van der Waals surface area contributed by atoms with E-state index in [-0.39, 0.29) is 6.16 Å². The fourth-order valence-corrected chi connectivity index (χ4v) is 5.40. The molecule has 0 aliphatic heterocycles. The van der Waals surface area contributed by atoms with E-state index in [2.05, 4.69) is 41.5 Å². The van der Waals surface area contributed by atoms with E-state index < -0.39 is 19.5 Å². The maximum atomic E-state index is 11.1. The summed E-state index contributed by atoms with van der Waals surface area (Å²) in [5, 5.41) is 8.46. The average Bonchev–Trinajstić information content (AvgIpc) is 3.20. The number of ether oxygens (including phenoxy) is 2. The van der Waals surface area contributed by atoms with Crippen LogP contribution < -0.4 is 0 Å². The van der Waals surface area contributed by atoms with Crippen LogP contribution in [0.2, 0.25) is 0 Å². The third-order valence-corrected chi connectivity index (χ3v) is 7.33. The number of hydrogen-bond donors (Lipinski definition) is 1. The molecule has 0 aliphatic rings. The van der Waals surface area contributed by atoms with Gasteiger partial charge in [-0.15, -0.1) is 0 Å². The van der Waals surface area contributed by atoms with Crippen molar-refractivity contribution in [1.82, 2.24) is 15.0 Å². The van der Waals surface area contributed by atoms with E-state index >= 15 is 0 Å². The molecule has 9 heteroatoms. The van der Waals surface area contributed by atoms with E-state index in [1.807, 2.05) is 18.3 Å². The zero-order valence-corrected chi connectivity index (χ0v) is 21.3. The van der Waals surface area contributed by atoms with Gasteiger partial charge in [-0.3, -0.25) is 0 Å². The van der Waals surface area contributed by atoms with E-state index in [4.69, 9.17) is 18.5 Å². The number of allylic oxidation sites excluding steroid dienone is 2. The van der Waals surface area contributed by atoms with Crippen LogP contribution in [0.4, 0.5) is 0 Å². The van der Waals surface area contributed by atoms with Gasteiger partial charge < -0.3 is 0 Å². The molecule has 0 fully saturated rings. The summed E-state index contributed by atoms with van der Waals surface area (Å²) in [4.78, 5) is 11.1. The first-order valence-electron chi connectivity index (χ1n) is 10.9. The van der Waals surface area contributed by atoms with Crippen molar-refractivity contribution in [3.8, 4) is 11.3 Å². The van der Waals surface area contributed by atoms with Crippen LogP contribution in [0, 0.1) is 0 Å². The monoisotopic (exact) mass is 467 g/mol. The first kappa shape index (κ1) is 26.6. The second kappa shape index (κ2) is 11.5. The third kappa shape index (κ3) is 8.35. The first-order chi connectivity index (χ1) is 15.0. The number of rotatable bonds is 13. The summed E-state index contributed by atoms with van der Waals surface area (Å²) in [5.41, 5.74) is 3.18. The van der Waals surface area contributed by atoms with Crippen LogP contribution in [0.3, 0.4) is 0 Å². The minimum atomic E-state index is -3.64. The van der Waals surface area contributed by atoms with Crippen LogP contribution in [-0.4, -0.2) is 51.8 Å². The van der Waals surface area contributed by atoms with Gasteiger partial charge in [0, 0.05) is 0 Å². The van der Waals surface area contributed by atoms with E-state index in [1.54, 1.807) is 32.4 Å². The van der Waals surface area contributed by atoms with Crippen LogP contribution in [0.15, 0.2) is 42.6 Å². The van der Waals surface area contributed by atoms with E-state index in [0.29, 0.717) is 6.54 Å². The zero-order chi connectivity index (χ0) is 23.8. The Morgan fingerprint density at radius 2 is 1.59 bits per heavy atom. The Morgan fingerprint density at radius 3 is 2.12 bits per heavy atom. The molecule has 0 unspecified atom stereocenters. The maximum absolute atomic E-state index is 11.1. The van der Waals surface area contributed by atoms with Crippen LogP contribution in [0.5, 0.6) is 0 Å². The number of hydrogen-bond acceptors (Lipinski definition) is 7. The van der Waals surface area contributed by atoms with Crippen LogP contribution in [0.25, 0.3) is 11.3 Å². The van der Waals surface area contributed by atoms with Gasteiger partial charge in [-0.05, 0) is 0 Å². The Hall–Kier alpha value is -1.67. The Balaban J connectivity index is 2.02. The summed E-state index contributed by atoms with van der Waals surface area (Å²) < 4.78 is 24.0. The van der Waals surface area contributed by atoms with E-state index in [1.165, 1.54) is 19.8 Å². The van der Waals surface area contributed by atoms with Gasteiger partial charge >= 0.3 is 178 Å². The molecule has 1 N–H and O–H groups in total. The molecule has 0 spiro atoms. The zero-order valence-electron chi connectivity index (χ0n) is 20.3. The molecule has 8 nitrogen and oxygen atoms in total. The van der Waals surface area contributed by atoms with Crippen molar-refractivity contribution >= 4 is 7.94 Å². The van der Waals surface area contributed by atoms with Crippen molar-refractivity contribution in [2.45, 2.75) is 65.6 Å². The predicted molar refractivity (Wildman–Crippen MR) is 128 cm³/mol. The van der Waals surface area contributed by atoms with Crippen molar-refractivity contribution in [3.05, 3.63) is 48.2 Å². The number of aromatic nitrogens is 3. The van der Waals surface area contributed by atoms with Gasteiger partial charge in [-0.25, -0.2) is 0 Å². The Morgan fingerprint density at radius 1 is 1.00 bits per heavy atom. The molecule has 0 saturated heterocycles. The summed E-state index contributed by atoms with van der Waals surface area (Å²) in [6, 6.07) is 8.41. The first-order valence-corrected chi connectivity index (χ1v) is 12.9. The van der Waals surface area contributed by atoms with Gasteiger partial charge in [0.1, 0.15) is 0 Å². The third-order valence-electron chi connectivity index (χ3n) is 4.96. The van der Waals surface area contributed by atoms with Crippen molar-refractivity contribution in [2.24, 2.45) is 0 Å². The van der Waals surface area contributed by atoms with Gasteiger partial charge in [-0.2, -0.15) is 0 Å². The summed E-state index contributed by atoms with van der Waals surface area (Å²) >= 11 is 0. The summed E-state index contributed by atoms with van der Waals surface area (Å²) in [5.74, 6) is -1.99. The molecular formula is C23H38N3O5P. The van der Waals surface area contributed by atoms with E-state index in [0.717, 1.165) is 24.1 Å². The SMILES string of the molecule is CCCc1ccc(-c2cn(C/C=C/C[PH](O)(OC(C)(C)OC)OC(C)(C)OC)nn2)cc1. The fraction of sp³-hybridized carbons (Fsp3) is 0.565. The number of methoxy groups -OCH3 is 2. The van der Waals surface area contributed by atoms with Gasteiger partial charge in [0.05, 0.1) is 0 Å². The van der Waals surface area contributed by atoms with Crippen molar-refractivity contribution < 1.29 is 23.4 Å². The van der Waals surface area contributed by atoms with Gasteiger partial charge in [0.15, 0.2) is 0 Å². The molecule has 180 valence electrons. The Labute approximate surface area is 192 Å². The minimum absolute atomic E-state index is 0.201. The second-order valence-corrected chi connectivity index (χ2v) is 10.8. The molecule has 1 aromatic heterocycles. The molecule has 0 radical (unpaired) electrons. The van der Waals surface area contributed by atoms with Crippen molar-refractivity contribution in [1.29, 1.82) is 0 Å². The Kier molecular flexibility index (Phi) is 9.52. The number of aryl methyl sites for hydroxylation is 1. The number of nitrogens with zero attached hydrogens (tertiary/aromatic N) is 3. The van der Waals surface area contributed by atoms with Gasteiger partial charge in [0.25, 0.3) is 0 Å². The molecule has 2 rings (SSSR count). The van der Waals surface area contributed by atoms with Gasteiger partial charge in [-0.1, -0.05) is 13.3 Å². The normalized spacial score (nSPS) is 13.8.